The van der Waals surface area contributed by atoms with Crippen LogP contribution in [0.1, 0.15) is 44.2 Å². The molecule has 0 radical (unpaired) electrons. The summed E-state index contributed by atoms with van der Waals surface area (Å²) in [5, 5.41) is 16.5. The van der Waals surface area contributed by atoms with Gasteiger partial charge in [0.05, 0.1) is 23.9 Å². The summed E-state index contributed by atoms with van der Waals surface area (Å²) in [4.78, 5) is 0. The van der Waals surface area contributed by atoms with Gasteiger partial charge >= 0.3 is 0 Å². The van der Waals surface area contributed by atoms with E-state index < -0.39 is 5.54 Å². The molecule has 3 heteroatoms. The van der Waals surface area contributed by atoms with Gasteiger partial charge in [-0.3, -0.25) is 5.01 Å². The fourth-order valence-corrected chi connectivity index (χ4v) is 3.43. The minimum absolute atomic E-state index is 0.411. The van der Waals surface area contributed by atoms with E-state index in [-0.39, 0.29) is 0 Å². The highest BCUT2D eigenvalue weighted by Crippen LogP contribution is 2.43. The third-order valence-electron chi connectivity index (χ3n) is 4.66. The third kappa shape index (κ3) is 2.41. The van der Waals surface area contributed by atoms with Crippen molar-refractivity contribution >= 4 is 11.4 Å². The van der Waals surface area contributed by atoms with Gasteiger partial charge < -0.3 is 0 Å². The van der Waals surface area contributed by atoms with Crippen molar-refractivity contribution < 1.29 is 0 Å². The lowest BCUT2D eigenvalue weighted by Crippen LogP contribution is -2.47. The first-order valence-corrected chi connectivity index (χ1v) is 8.16. The Bertz CT molecular complexity index is 758. The van der Waals surface area contributed by atoms with E-state index in [1.807, 2.05) is 18.2 Å². The summed E-state index contributed by atoms with van der Waals surface area (Å²) in [5.41, 5.74) is 4.08. The van der Waals surface area contributed by atoms with Crippen molar-refractivity contribution in [2.24, 2.45) is 5.10 Å². The fourth-order valence-electron chi connectivity index (χ4n) is 3.43. The molecule has 0 amide bonds. The number of hydrazone groups is 1. The van der Waals surface area contributed by atoms with Gasteiger partial charge in [-0.1, -0.05) is 56.3 Å². The van der Waals surface area contributed by atoms with Crippen LogP contribution < -0.4 is 5.01 Å². The average Bonchev–Trinajstić information content (AvgIpc) is 2.62. The fraction of sp³-hybridized carbons (Fsp3) is 0.300. The first-order valence-electron chi connectivity index (χ1n) is 8.16. The molecule has 0 aliphatic carbocycles. The van der Waals surface area contributed by atoms with Gasteiger partial charge in [0.2, 0.25) is 0 Å². The van der Waals surface area contributed by atoms with Crippen LogP contribution in [0.4, 0.5) is 5.69 Å². The Hall–Kier alpha value is -2.60. The van der Waals surface area contributed by atoms with E-state index in [9.17, 15) is 5.26 Å². The summed E-state index contributed by atoms with van der Waals surface area (Å²) in [6.07, 6.45) is 2.11. The van der Waals surface area contributed by atoms with Gasteiger partial charge in [0.1, 0.15) is 5.54 Å². The highest BCUT2D eigenvalue weighted by molar-refractivity contribution is 6.03. The summed E-state index contributed by atoms with van der Waals surface area (Å²) < 4.78 is 0. The molecule has 1 heterocycles. The highest BCUT2D eigenvalue weighted by atomic mass is 15.5. The minimum Gasteiger partial charge on any atom is -0.254 e. The van der Waals surface area contributed by atoms with E-state index in [0.29, 0.717) is 6.42 Å². The second-order valence-electron chi connectivity index (χ2n) is 5.81. The number of nitrogens with zero attached hydrogens (tertiary/aromatic N) is 3. The van der Waals surface area contributed by atoms with Crippen LogP contribution in [-0.4, -0.2) is 5.71 Å². The van der Waals surface area contributed by atoms with Crippen molar-refractivity contribution in [2.45, 2.75) is 38.6 Å². The molecule has 2 aromatic rings. The van der Waals surface area contributed by atoms with E-state index in [1.165, 1.54) is 11.1 Å². The lowest BCUT2D eigenvalue weighted by molar-refractivity contribution is 0.390. The van der Waals surface area contributed by atoms with Crippen molar-refractivity contribution in [3.63, 3.8) is 0 Å². The highest BCUT2D eigenvalue weighted by Gasteiger charge is 2.42. The van der Waals surface area contributed by atoms with E-state index in [0.717, 1.165) is 24.2 Å². The molecule has 0 aromatic heterocycles. The number of rotatable bonds is 4. The monoisotopic (exact) mass is 303 g/mol. The van der Waals surface area contributed by atoms with E-state index in [1.54, 1.807) is 0 Å². The lowest BCUT2D eigenvalue weighted by Gasteiger charge is -2.45. The van der Waals surface area contributed by atoms with Crippen molar-refractivity contribution in [3.05, 3.63) is 65.7 Å². The van der Waals surface area contributed by atoms with Crippen LogP contribution >= 0.6 is 0 Å². The largest absolute Gasteiger partial charge is 0.254 e. The molecule has 2 aromatic carbocycles. The topological polar surface area (TPSA) is 39.4 Å². The van der Waals surface area contributed by atoms with Gasteiger partial charge in [0.15, 0.2) is 0 Å². The lowest BCUT2D eigenvalue weighted by atomic mass is 9.78. The zero-order valence-electron chi connectivity index (χ0n) is 13.7. The first kappa shape index (κ1) is 15.3. The Morgan fingerprint density at radius 3 is 2.39 bits per heavy atom. The van der Waals surface area contributed by atoms with Crippen LogP contribution in [0.15, 0.2) is 59.7 Å². The number of hydrogen-bond donors (Lipinski definition) is 0. The van der Waals surface area contributed by atoms with Crippen molar-refractivity contribution in [3.8, 4) is 6.07 Å². The molecular weight excluding hydrogens is 282 g/mol. The molecule has 3 nitrogen and oxygen atoms in total. The van der Waals surface area contributed by atoms with Crippen LogP contribution in [0.2, 0.25) is 0 Å². The summed E-state index contributed by atoms with van der Waals surface area (Å²) in [6, 6.07) is 20.9. The van der Waals surface area contributed by atoms with Gasteiger partial charge in [-0.05, 0) is 30.5 Å². The number of nitriles is 1. The van der Waals surface area contributed by atoms with Crippen molar-refractivity contribution in [1.29, 1.82) is 5.26 Å². The zero-order valence-corrected chi connectivity index (χ0v) is 13.7. The maximum atomic E-state index is 9.50. The van der Waals surface area contributed by atoms with Crippen LogP contribution in [0.25, 0.3) is 0 Å². The molecule has 1 atom stereocenters. The average molecular weight is 303 g/mol. The molecule has 0 saturated carbocycles. The van der Waals surface area contributed by atoms with Gasteiger partial charge in [0.25, 0.3) is 0 Å². The first-order chi connectivity index (χ1) is 11.3. The SMILES string of the molecule is CCC1=NN(c2ccccc2)[C@@](CC)(CC#N)c2ccccc21. The molecule has 0 N–H and O–H groups in total. The normalized spacial score (nSPS) is 19.7. The second kappa shape index (κ2) is 6.26. The number of benzene rings is 2. The van der Waals surface area contributed by atoms with E-state index in [2.05, 4.69) is 61.3 Å². The molecule has 0 bridgehead atoms. The smallest absolute Gasteiger partial charge is 0.102 e. The molecule has 23 heavy (non-hydrogen) atoms. The molecule has 1 aliphatic heterocycles. The predicted octanol–water partition coefficient (Wildman–Crippen LogP) is 4.84. The van der Waals surface area contributed by atoms with Gasteiger partial charge in [0, 0.05) is 5.56 Å². The van der Waals surface area contributed by atoms with Crippen LogP contribution in [0.5, 0.6) is 0 Å². The molecule has 116 valence electrons. The minimum atomic E-state index is -0.411. The van der Waals surface area contributed by atoms with Gasteiger partial charge in [-0.15, -0.1) is 0 Å². The summed E-state index contributed by atoms with van der Waals surface area (Å²) in [6.45, 7) is 4.26. The maximum absolute atomic E-state index is 9.50. The summed E-state index contributed by atoms with van der Waals surface area (Å²) >= 11 is 0. The number of para-hydroxylation sites is 1. The molecule has 0 saturated heterocycles. The van der Waals surface area contributed by atoms with Crippen LogP contribution in [0, 0.1) is 11.3 Å². The predicted molar refractivity (Wildman–Crippen MR) is 94.4 cm³/mol. The van der Waals surface area contributed by atoms with Crippen molar-refractivity contribution in [1.82, 2.24) is 0 Å². The van der Waals surface area contributed by atoms with Crippen molar-refractivity contribution in [2.75, 3.05) is 5.01 Å². The molecule has 0 fully saturated rings. The summed E-state index contributed by atoms with van der Waals surface area (Å²) in [7, 11) is 0. The molecule has 0 spiro atoms. The standard InChI is InChI=1S/C20H21N3/c1-3-19-17-12-8-9-13-18(17)20(4-2,14-15-21)23(22-19)16-10-6-5-7-11-16/h5-13H,3-4,14H2,1-2H3/t20-/m0/s1. The number of hydrogen-bond acceptors (Lipinski definition) is 3. The summed E-state index contributed by atoms with van der Waals surface area (Å²) in [5.74, 6) is 0. The molecule has 0 unspecified atom stereocenters. The van der Waals surface area contributed by atoms with Crippen LogP contribution in [0.3, 0.4) is 0 Å². The Balaban J connectivity index is 2.27. The maximum Gasteiger partial charge on any atom is 0.102 e. The molecular formula is C20H21N3. The number of fused-ring (bicyclic) bond motifs is 1. The molecule has 1 aliphatic rings. The third-order valence-corrected chi connectivity index (χ3v) is 4.66. The quantitative estimate of drug-likeness (QED) is 0.810. The molecule has 3 rings (SSSR count). The second-order valence-corrected chi connectivity index (χ2v) is 5.81. The Kier molecular flexibility index (Phi) is 4.16. The zero-order chi connectivity index (χ0) is 16.3. The van der Waals surface area contributed by atoms with Crippen LogP contribution in [-0.2, 0) is 5.54 Å². The van der Waals surface area contributed by atoms with E-state index >= 15 is 0 Å². The van der Waals surface area contributed by atoms with E-state index in [4.69, 9.17) is 5.10 Å². The number of anilines is 1. The Labute approximate surface area is 137 Å². The Morgan fingerprint density at radius 2 is 1.74 bits per heavy atom. The van der Waals surface area contributed by atoms with Gasteiger partial charge in [-0.2, -0.15) is 10.4 Å². The Morgan fingerprint density at radius 1 is 1.04 bits per heavy atom. The van der Waals surface area contributed by atoms with Gasteiger partial charge in [-0.25, -0.2) is 0 Å².